The zero-order valence-electron chi connectivity index (χ0n) is 15.4. The van der Waals surface area contributed by atoms with Crippen LogP contribution in [0, 0.1) is 11.6 Å². The van der Waals surface area contributed by atoms with Crippen molar-refractivity contribution in [3.05, 3.63) is 90.0 Å². The van der Waals surface area contributed by atoms with E-state index in [1.807, 2.05) is 30.3 Å². The Kier molecular flexibility index (Phi) is 6.19. The van der Waals surface area contributed by atoms with Crippen molar-refractivity contribution < 1.29 is 27.8 Å². The second-order valence-corrected chi connectivity index (χ2v) is 6.07. The number of hydrogen-bond donors (Lipinski definition) is 1. The molecule has 1 atom stereocenters. The fourth-order valence-electron chi connectivity index (χ4n) is 2.44. The van der Waals surface area contributed by atoms with Crippen LogP contribution in [0.25, 0.3) is 0 Å². The Bertz CT molecular complexity index is 987. The van der Waals surface area contributed by atoms with Crippen molar-refractivity contribution in [3.8, 4) is 11.5 Å². The van der Waals surface area contributed by atoms with Gasteiger partial charge in [-0.25, -0.2) is 13.6 Å². The van der Waals surface area contributed by atoms with E-state index in [2.05, 4.69) is 5.32 Å². The first kappa shape index (κ1) is 20.0. The number of hydrogen-bond acceptors (Lipinski definition) is 4. The van der Waals surface area contributed by atoms with Crippen LogP contribution in [0.3, 0.4) is 0 Å². The molecule has 0 aliphatic rings. The molecule has 0 heterocycles. The van der Waals surface area contributed by atoms with Gasteiger partial charge in [-0.05, 0) is 55.5 Å². The summed E-state index contributed by atoms with van der Waals surface area (Å²) < 4.78 is 37.8. The third-order valence-corrected chi connectivity index (χ3v) is 3.92. The molecule has 0 unspecified atom stereocenters. The van der Waals surface area contributed by atoms with Crippen molar-refractivity contribution in [2.24, 2.45) is 0 Å². The number of nitrogens with one attached hydrogen (secondary N) is 1. The van der Waals surface area contributed by atoms with Crippen LogP contribution in [-0.4, -0.2) is 18.0 Å². The minimum atomic E-state index is -1.26. The standard InChI is InChI=1S/C22H17F2NO4/c1-14(28-22(27)20-18(23)8-5-9-19(20)24)21(26)25-15-10-12-17(13-11-15)29-16-6-3-2-4-7-16/h2-14H,1H3,(H,25,26)/t14-/m0/s1. The van der Waals surface area contributed by atoms with Crippen molar-refractivity contribution in [1.29, 1.82) is 0 Å². The minimum Gasteiger partial charge on any atom is -0.457 e. The number of para-hydroxylation sites is 1. The molecule has 29 heavy (non-hydrogen) atoms. The molecule has 0 fully saturated rings. The third-order valence-electron chi connectivity index (χ3n) is 3.92. The van der Waals surface area contributed by atoms with Gasteiger partial charge in [-0.3, -0.25) is 4.79 Å². The van der Waals surface area contributed by atoms with Crippen LogP contribution in [-0.2, 0) is 9.53 Å². The number of amides is 1. The van der Waals surface area contributed by atoms with Gasteiger partial charge in [0, 0.05) is 5.69 Å². The number of anilines is 1. The topological polar surface area (TPSA) is 64.6 Å². The zero-order chi connectivity index (χ0) is 20.8. The molecule has 3 aromatic carbocycles. The molecule has 0 aliphatic carbocycles. The lowest BCUT2D eigenvalue weighted by atomic mass is 10.2. The molecule has 1 N–H and O–H groups in total. The highest BCUT2D eigenvalue weighted by molar-refractivity contribution is 5.97. The molecule has 7 heteroatoms. The van der Waals surface area contributed by atoms with E-state index in [1.54, 1.807) is 24.3 Å². The Hall–Kier alpha value is -3.74. The molecule has 148 valence electrons. The molecule has 0 aromatic heterocycles. The highest BCUT2D eigenvalue weighted by Crippen LogP contribution is 2.23. The summed E-state index contributed by atoms with van der Waals surface area (Å²) in [5, 5.41) is 2.56. The summed E-state index contributed by atoms with van der Waals surface area (Å²) in [6.45, 7) is 1.30. The fraction of sp³-hybridized carbons (Fsp3) is 0.0909. The maximum absolute atomic E-state index is 13.6. The maximum atomic E-state index is 13.6. The van der Waals surface area contributed by atoms with E-state index in [0.717, 1.165) is 18.2 Å². The van der Waals surface area contributed by atoms with E-state index >= 15 is 0 Å². The second kappa shape index (κ2) is 8.97. The first-order chi connectivity index (χ1) is 13.9. The van der Waals surface area contributed by atoms with Crippen molar-refractivity contribution in [1.82, 2.24) is 0 Å². The smallest absolute Gasteiger partial charge is 0.344 e. The molecule has 0 bridgehead atoms. The monoisotopic (exact) mass is 397 g/mol. The predicted molar refractivity (Wildman–Crippen MR) is 103 cm³/mol. The summed E-state index contributed by atoms with van der Waals surface area (Å²) in [6.07, 6.45) is -1.26. The van der Waals surface area contributed by atoms with E-state index in [9.17, 15) is 18.4 Å². The number of carbonyl (C=O) groups excluding carboxylic acids is 2. The first-order valence-electron chi connectivity index (χ1n) is 8.73. The van der Waals surface area contributed by atoms with E-state index in [-0.39, 0.29) is 0 Å². The minimum absolute atomic E-state index is 0.440. The summed E-state index contributed by atoms with van der Waals surface area (Å²) in [5.74, 6) is -2.77. The largest absolute Gasteiger partial charge is 0.457 e. The average molecular weight is 397 g/mol. The van der Waals surface area contributed by atoms with Crippen molar-refractivity contribution in [2.75, 3.05) is 5.32 Å². The predicted octanol–water partition coefficient (Wildman–Crippen LogP) is 4.94. The molecule has 0 spiro atoms. The SMILES string of the molecule is C[C@H](OC(=O)c1c(F)cccc1F)C(=O)Nc1ccc(Oc2ccccc2)cc1. The summed E-state index contributed by atoms with van der Waals surface area (Å²) >= 11 is 0. The summed E-state index contributed by atoms with van der Waals surface area (Å²) in [6, 6.07) is 18.7. The van der Waals surface area contributed by atoms with Crippen molar-refractivity contribution in [2.45, 2.75) is 13.0 Å². The number of ether oxygens (including phenoxy) is 2. The van der Waals surface area contributed by atoms with Crippen LogP contribution < -0.4 is 10.1 Å². The van der Waals surface area contributed by atoms with Gasteiger partial charge in [0.1, 0.15) is 28.7 Å². The second-order valence-electron chi connectivity index (χ2n) is 6.07. The Morgan fingerprint density at radius 1 is 0.828 bits per heavy atom. The summed E-state index contributed by atoms with van der Waals surface area (Å²) in [7, 11) is 0. The normalized spacial score (nSPS) is 11.4. The van der Waals surface area contributed by atoms with Gasteiger partial charge in [-0.1, -0.05) is 24.3 Å². The van der Waals surface area contributed by atoms with Crippen LogP contribution in [0.5, 0.6) is 11.5 Å². The summed E-state index contributed by atoms with van der Waals surface area (Å²) in [4.78, 5) is 24.2. The van der Waals surface area contributed by atoms with Gasteiger partial charge in [-0.15, -0.1) is 0 Å². The van der Waals surface area contributed by atoms with Crippen LogP contribution in [0.1, 0.15) is 17.3 Å². The lowest BCUT2D eigenvalue weighted by Gasteiger charge is -2.14. The number of rotatable bonds is 6. The third kappa shape index (κ3) is 5.16. The van der Waals surface area contributed by atoms with Gasteiger partial charge >= 0.3 is 5.97 Å². The van der Waals surface area contributed by atoms with Gasteiger partial charge in [-0.2, -0.15) is 0 Å². The molecule has 3 rings (SSSR count). The molecule has 0 saturated carbocycles. The average Bonchev–Trinajstić information content (AvgIpc) is 2.70. The van der Waals surface area contributed by atoms with Crippen LogP contribution in [0.2, 0.25) is 0 Å². The first-order valence-corrected chi connectivity index (χ1v) is 8.73. The van der Waals surface area contributed by atoms with Crippen LogP contribution in [0.4, 0.5) is 14.5 Å². The molecular formula is C22H17F2NO4. The highest BCUT2D eigenvalue weighted by atomic mass is 19.1. The van der Waals surface area contributed by atoms with E-state index < -0.39 is 35.2 Å². The molecule has 0 saturated heterocycles. The molecule has 5 nitrogen and oxygen atoms in total. The number of halogens is 2. The Labute approximate surface area is 165 Å². The Balaban J connectivity index is 1.58. The number of esters is 1. The zero-order valence-corrected chi connectivity index (χ0v) is 15.4. The van der Waals surface area contributed by atoms with Gasteiger partial charge < -0.3 is 14.8 Å². The van der Waals surface area contributed by atoms with Crippen LogP contribution in [0.15, 0.2) is 72.8 Å². The summed E-state index contributed by atoms with van der Waals surface area (Å²) in [5.41, 5.74) is -0.398. The maximum Gasteiger partial charge on any atom is 0.344 e. The van der Waals surface area contributed by atoms with Gasteiger partial charge in [0.15, 0.2) is 6.10 Å². The van der Waals surface area contributed by atoms with Crippen LogP contribution >= 0.6 is 0 Å². The van der Waals surface area contributed by atoms with Gasteiger partial charge in [0.05, 0.1) is 0 Å². The van der Waals surface area contributed by atoms with Crippen molar-refractivity contribution in [3.63, 3.8) is 0 Å². The number of benzene rings is 3. The molecule has 1 amide bonds. The lowest BCUT2D eigenvalue weighted by molar-refractivity contribution is -0.123. The Morgan fingerprint density at radius 2 is 1.41 bits per heavy atom. The fourth-order valence-corrected chi connectivity index (χ4v) is 2.44. The van der Waals surface area contributed by atoms with Gasteiger partial charge in [0.25, 0.3) is 5.91 Å². The van der Waals surface area contributed by atoms with Gasteiger partial charge in [0.2, 0.25) is 0 Å². The van der Waals surface area contributed by atoms with E-state index in [0.29, 0.717) is 17.2 Å². The highest BCUT2D eigenvalue weighted by Gasteiger charge is 2.24. The lowest BCUT2D eigenvalue weighted by Crippen LogP contribution is -2.30. The Morgan fingerprint density at radius 3 is 2.03 bits per heavy atom. The van der Waals surface area contributed by atoms with E-state index in [1.165, 1.54) is 6.92 Å². The molecule has 0 aliphatic heterocycles. The number of carbonyl (C=O) groups is 2. The molecule has 3 aromatic rings. The van der Waals surface area contributed by atoms with Crippen molar-refractivity contribution >= 4 is 17.6 Å². The molecule has 0 radical (unpaired) electrons. The quantitative estimate of drug-likeness (QED) is 0.599. The molecular weight excluding hydrogens is 380 g/mol. The van der Waals surface area contributed by atoms with E-state index in [4.69, 9.17) is 9.47 Å².